The Bertz CT molecular complexity index is 892. The highest BCUT2D eigenvalue weighted by molar-refractivity contribution is 5.97. The van der Waals surface area contributed by atoms with E-state index in [2.05, 4.69) is 10.6 Å². The molecule has 3 rings (SSSR count). The van der Waals surface area contributed by atoms with Crippen LogP contribution in [0.15, 0.2) is 48.5 Å². The molecule has 1 fully saturated rings. The van der Waals surface area contributed by atoms with E-state index in [4.69, 9.17) is 5.11 Å². The molecule has 1 saturated carbocycles. The van der Waals surface area contributed by atoms with E-state index < -0.39 is 17.9 Å². The first kappa shape index (κ1) is 19.5. The zero-order valence-corrected chi connectivity index (χ0v) is 15.2. The van der Waals surface area contributed by atoms with Crippen LogP contribution in [0.4, 0.5) is 10.1 Å². The molecule has 1 aliphatic carbocycles. The minimum absolute atomic E-state index is 0.0543. The number of carboxylic acid groups (broad SMARTS) is 1. The molecule has 0 unspecified atom stereocenters. The topological polar surface area (TPSA) is 95.5 Å². The first-order valence-electron chi connectivity index (χ1n) is 9.00. The van der Waals surface area contributed by atoms with Gasteiger partial charge in [-0.25, -0.2) is 4.39 Å². The number of rotatable bonds is 8. The predicted molar refractivity (Wildman–Crippen MR) is 101 cm³/mol. The van der Waals surface area contributed by atoms with Crippen LogP contribution in [-0.2, 0) is 27.2 Å². The van der Waals surface area contributed by atoms with Gasteiger partial charge in [-0.15, -0.1) is 0 Å². The Hall–Kier alpha value is -3.22. The van der Waals surface area contributed by atoms with Gasteiger partial charge < -0.3 is 15.7 Å². The minimum Gasteiger partial charge on any atom is -0.480 e. The van der Waals surface area contributed by atoms with E-state index in [1.807, 2.05) is 0 Å². The molecule has 28 heavy (non-hydrogen) atoms. The summed E-state index contributed by atoms with van der Waals surface area (Å²) in [6.07, 6.45) is 1.86. The average Bonchev–Trinajstić information content (AvgIpc) is 3.44. The standard InChI is InChI=1S/C21H21FN2O4/c22-17-4-2-1-3-15(17)12-21(9-10-21)20(28)24-16-7-5-14(6-8-16)11-18(25)23-13-19(26)27/h1-8H,9-13H2,(H,23,25)(H,24,28)(H,26,27). The van der Waals surface area contributed by atoms with Crippen molar-refractivity contribution in [3.05, 3.63) is 65.5 Å². The van der Waals surface area contributed by atoms with Crippen molar-refractivity contribution in [1.82, 2.24) is 5.32 Å². The lowest BCUT2D eigenvalue weighted by atomic mass is 9.95. The molecule has 0 radical (unpaired) electrons. The number of anilines is 1. The third-order valence-corrected chi connectivity index (χ3v) is 4.84. The first-order valence-corrected chi connectivity index (χ1v) is 9.00. The van der Waals surface area contributed by atoms with Gasteiger partial charge in [0.25, 0.3) is 0 Å². The first-order chi connectivity index (χ1) is 13.4. The molecule has 2 amide bonds. The van der Waals surface area contributed by atoms with Crippen molar-refractivity contribution in [2.45, 2.75) is 25.7 Å². The van der Waals surface area contributed by atoms with Crippen LogP contribution in [0.25, 0.3) is 0 Å². The van der Waals surface area contributed by atoms with Crippen LogP contribution >= 0.6 is 0 Å². The summed E-state index contributed by atoms with van der Waals surface area (Å²) in [7, 11) is 0. The monoisotopic (exact) mass is 384 g/mol. The van der Waals surface area contributed by atoms with Crippen molar-refractivity contribution >= 4 is 23.5 Å². The van der Waals surface area contributed by atoms with Gasteiger partial charge in [0.1, 0.15) is 12.4 Å². The number of carboxylic acids is 1. The van der Waals surface area contributed by atoms with Gasteiger partial charge in [-0.1, -0.05) is 30.3 Å². The largest absolute Gasteiger partial charge is 0.480 e. The Balaban J connectivity index is 1.56. The summed E-state index contributed by atoms with van der Waals surface area (Å²) >= 11 is 0. The average molecular weight is 384 g/mol. The smallest absolute Gasteiger partial charge is 0.322 e. The van der Waals surface area contributed by atoms with Crippen LogP contribution in [0.1, 0.15) is 24.0 Å². The third kappa shape index (κ3) is 4.94. The van der Waals surface area contributed by atoms with Crippen molar-refractivity contribution < 1.29 is 23.9 Å². The molecule has 2 aromatic carbocycles. The summed E-state index contributed by atoms with van der Waals surface area (Å²) in [6, 6.07) is 13.3. The number of benzene rings is 2. The number of amides is 2. The lowest BCUT2D eigenvalue weighted by Crippen LogP contribution is -2.30. The summed E-state index contributed by atoms with van der Waals surface area (Å²) in [6.45, 7) is -0.420. The number of hydrogen-bond donors (Lipinski definition) is 3. The van der Waals surface area contributed by atoms with Gasteiger partial charge in [-0.3, -0.25) is 14.4 Å². The highest BCUT2D eigenvalue weighted by Crippen LogP contribution is 2.49. The van der Waals surface area contributed by atoms with E-state index in [1.54, 1.807) is 42.5 Å². The fraction of sp³-hybridized carbons (Fsp3) is 0.286. The van der Waals surface area contributed by atoms with E-state index >= 15 is 0 Å². The van der Waals surface area contributed by atoms with Gasteiger partial charge in [0.15, 0.2) is 0 Å². The molecule has 0 spiro atoms. The normalized spacial score (nSPS) is 14.2. The summed E-state index contributed by atoms with van der Waals surface area (Å²) < 4.78 is 13.9. The molecule has 0 aliphatic heterocycles. The van der Waals surface area contributed by atoms with E-state index in [-0.39, 0.29) is 24.1 Å². The van der Waals surface area contributed by atoms with E-state index in [1.165, 1.54) is 6.07 Å². The number of carbonyl (C=O) groups excluding carboxylic acids is 2. The maximum atomic E-state index is 13.9. The molecule has 0 saturated heterocycles. The molecule has 7 heteroatoms. The number of nitrogens with one attached hydrogen (secondary N) is 2. The van der Waals surface area contributed by atoms with E-state index in [9.17, 15) is 18.8 Å². The molecule has 6 nitrogen and oxygen atoms in total. The van der Waals surface area contributed by atoms with Gasteiger partial charge >= 0.3 is 5.97 Å². The van der Waals surface area contributed by atoms with E-state index in [0.717, 1.165) is 12.8 Å². The maximum Gasteiger partial charge on any atom is 0.322 e. The second-order valence-corrected chi connectivity index (χ2v) is 7.05. The van der Waals surface area contributed by atoms with Gasteiger partial charge in [-0.05, 0) is 48.6 Å². The van der Waals surface area contributed by atoms with Gasteiger partial charge in [-0.2, -0.15) is 0 Å². The summed E-state index contributed by atoms with van der Waals surface area (Å²) in [5.41, 5.74) is 1.27. The van der Waals surface area contributed by atoms with Gasteiger partial charge in [0.05, 0.1) is 11.8 Å². The second-order valence-electron chi connectivity index (χ2n) is 7.05. The fourth-order valence-corrected chi connectivity index (χ4v) is 3.03. The molecule has 3 N–H and O–H groups in total. The van der Waals surface area contributed by atoms with Gasteiger partial charge in [0.2, 0.25) is 11.8 Å². The summed E-state index contributed by atoms with van der Waals surface area (Å²) in [4.78, 5) is 34.8. The Morgan fingerprint density at radius 2 is 1.71 bits per heavy atom. The molecular formula is C21H21FN2O4. The zero-order chi connectivity index (χ0) is 20.1. The predicted octanol–water partition coefficient (Wildman–Crippen LogP) is 2.53. The summed E-state index contributed by atoms with van der Waals surface area (Å²) in [5, 5.41) is 13.7. The highest BCUT2D eigenvalue weighted by Gasteiger charge is 2.49. The van der Waals surface area contributed by atoms with Crippen LogP contribution in [0.5, 0.6) is 0 Å². The lowest BCUT2D eigenvalue weighted by molar-refractivity contribution is -0.137. The van der Waals surface area contributed by atoms with Crippen molar-refractivity contribution in [3.8, 4) is 0 Å². The van der Waals surface area contributed by atoms with Crippen LogP contribution < -0.4 is 10.6 Å². The Labute approximate surface area is 161 Å². The Morgan fingerprint density at radius 3 is 2.32 bits per heavy atom. The van der Waals surface area contributed by atoms with Gasteiger partial charge in [0, 0.05) is 5.69 Å². The molecule has 2 aromatic rings. The molecule has 146 valence electrons. The van der Waals surface area contributed by atoms with Crippen molar-refractivity contribution in [1.29, 1.82) is 0 Å². The number of aliphatic carboxylic acids is 1. The molecule has 0 bridgehead atoms. The number of halogens is 1. The van der Waals surface area contributed by atoms with Crippen molar-refractivity contribution in [3.63, 3.8) is 0 Å². The molecular weight excluding hydrogens is 363 g/mol. The minimum atomic E-state index is -1.10. The molecule has 0 aromatic heterocycles. The second kappa shape index (κ2) is 8.21. The fourth-order valence-electron chi connectivity index (χ4n) is 3.03. The zero-order valence-electron chi connectivity index (χ0n) is 15.2. The molecule has 0 heterocycles. The Morgan fingerprint density at radius 1 is 1.04 bits per heavy atom. The van der Waals surface area contributed by atoms with Crippen LogP contribution in [0, 0.1) is 11.2 Å². The van der Waals surface area contributed by atoms with Crippen molar-refractivity contribution in [2.75, 3.05) is 11.9 Å². The SMILES string of the molecule is O=C(O)CNC(=O)Cc1ccc(NC(=O)C2(Cc3ccccc3F)CC2)cc1. The van der Waals surface area contributed by atoms with E-state index in [0.29, 0.717) is 23.2 Å². The summed E-state index contributed by atoms with van der Waals surface area (Å²) in [5.74, 6) is -1.92. The van der Waals surface area contributed by atoms with Crippen molar-refractivity contribution in [2.24, 2.45) is 5.41 Å². The maximum absolute atomic E-state index is 13.9. The number of carbonyl (C=O) groups is 3. The highest BCUT2D eigenvalue weighted by atomic mass is 19.1. The molecule has 1 aliphatic rings. The Kier molecular flexibility index (Phi) is 5.73. The van der Waals surface area contributed by atoms with Crippen LogP contribution in [0.3, 0.4) is 0 Å². The van der Waals surface area contributed by atoms with Crippen LogP contribution in [0.2, 0.25) is 0 Å². The quantitative estimate of drug-likeness (QED) is 0.652. The lowest BCUT2D eigenvalue weighted by Gasteiger charge is -2.16. The van der Waals surface area contributed by atoms with Crippen LogP contribution in [-0.4, -0.2) is 29.4 Å². The number of hydrogen-bond acceptors (Lipinski definition) is 3. The molecule has 0 atom stereocenters. The third-order valence-electron chi connectivity index (χ3n) is 4.84.